The van der Waals surface area contributed by atoms with E-state index in [1.807, 2.05) is 0 Å². The molecule has 3 heteroatoms. The molecule has 1 N–H and O–H groups in total. The molecule has 0 spiro atoms. The summed E-state index contributed by atoms with van der Waals surface area (Å²) in [5.74, 6) is 0.623. The molecule has 0 fully saturated rings. The van der Waals surface area contributed by atoms with Gasteiger partial charge in [-0.05, 0) is 18.9 Å². The monoisotopic (exact) mass is 203 g/mol. The van der Waals surface area contributed by atoms with Gasteiger partial charge in [0.1, 0.15) is 0 Å². The fourth-order valence-electron chi connectivity index (χ4n) is 1.26. The predicted molar refractivity (Wildman–Crippen MR) is 59.6 cm³/mol. The molecule has 1 unspecified atom stereocenters. The zero-order valence-electron chi connectivity index (χ0n) is 10.0. The first kappa shape index (κ1) is 13.9. The Hall–Kier alpha value is -0.120. The number of rotatable bonds is 9. The molecule has 0 heterocycles. The summed E-state index contributed by atoms with van der Waals surface area (Å²) < 4.78 is 10.5. The minimum Gasteiger partial charge on any atom is -0.385 e. The molecule has 1 atom stereocenters. The quantitative estimate of drug-likeness (QED) is 0.578. The highest BCUT2D eigenvalue weighted by Crippen LogP contribution is 2.02. The van der Waals surface area contributed by atoms with Crippen LogP contribution in [0.2, 0.25) is 0 Å². The van der Waals surface area contributed by atoms with Gasteiger partial charge in [0.25, 0.3) is 0 Å². The molecule has 0 aromatic carbocycles. The van der Waals surface area contributed by atoms with Gasteiger partial charge < -0.3 is 14.8 Å². The van der Waals surface area contributed by atoms with Crippen LogP contribution in [0.15, 0.2) is 0 Å². The Morgan fingerprint density at radius 1 is 1.21 bits per heavy atom. The molecule has 0 amide bonds. The molecular weight excluding hydrogens is 178 g/mol. The van der Waals surface area contributed by atoms with E-state index in [0.29, 0.717) is 12.0 Å². The molecule has 0 aliphatic carbocycles. The summed E-state index contributed by atoms with van der Waals surface area (Å²) >= 11 is 0. The number of nitrogens with one attached hydrogen (secondary N) is 1. The van der Waals surface area contributed by atoms with E-state index < -0.39 is 0 Å². The first-order valence-electron chi connectivity index (χ1n) is 5.52. The van der Waals surface area contributed by atoms with E-state index in [9.17, 15) is 0 Å². The van der Waals surface area contributed by atoms with Crippen LogP contribution in [0.25, 0.3) is 0 Å². The van der Waals surface area contributed by atoms with Crippen molar-refractivity contribution in [1.82, 2.24) is 5.32 Å². The third-order valence-electron chi connectivity index (χ3n) is 2.21. The van der Waals surface area contributed by atoms with E-state index in [1.165, 1.54) is 0 Å². The van der Waals surface area contributed by atoms with Gasteiger partial charge in [0.15, 0.2) is 0 Å². The maximum Gasteiger partial charge on any atom is 0.0622 e. The average Bonchev–Trinajstić information content (AvgIpc) is 2.15. The minimum atomic E-state index is 0.475. The zero-order valence-corrected chi connectivity index (χ0v) is 10.0. The molecule has 0 bridgehead atoms. The van der Waals surface area contributed by atoms with E-state index in [-0.39, 0.29) is 0 Å². The zero-order chi connectivity index (χ0) is 10.8. The highest BCUT2D eigenvalue weighted by atomic mass is 16.5. The van der Waals surface area contributed by atoms with Crippen LogP contribution < -0.4 is 5.32 Å². The summed E-state index contributed by atoms with van der Waals surface area (Å²) in [7, 11) is 1.72. The highest BCUT2D eigenvalue weighted by molar-refractivity contribution is 4.68. The molecular formula is C11H25NO2. The molecule has 86 valence electrons. The van der Waals surface area contributed by atoms with Crippen LogP contribution >= 0.6 is 0 Å². The molecule has 0 saturated heterocycles. The molecule has 0 radical (unpaired) electrons. The summed E-state index contributed by atoms with van der Waals surface area (Å²) in [4.78, 5) is 0. The lowest BCUT2D eigenvalue weighted by molar-refractivity contribution is 0.0787. The number of hydrogen-bond donors (Lipinski definition) is 1. The van der Waals surface area contributed by atoms with Crippen LogP contribution in [0.3, 0.4) is 0 Å². The SMILES string of the molecule is CCNC(COCCCOC)C(C)C. The number of ether oxygens (including phenoxy) is 2. The highest BCUT2D eigenvalue weighted by Gasteiger charge is 2.11. The van der Waals surface area contributed by atoms with Crippen molar-refractivity contribution in [2.24, 2.45) is 5.92 Å². The molecule has 3 nitrogen and oxygen atoms in total. The molecule has 0 aromatic rings. The number of methoxy groups -OCH3 is 1. The Labute approximate surface area is 88.2 Å². The van der Waals surface area contributed by atoms with Crippen LogP contribution in [0.1, 0.15) is 27.2 Å². The van der Waals surface area contributed by atoms with Crippen molar-refractivity contribution in [2.45, 2.75) is 33.2 Å². The van der Waals surface area contributed by atoms with Crippen LogP contribution in [0.4, 0.5) is 0 Å². The topological polar surface area (TPSA) is 30.5 Å². The second-order valence-corrected chi connectivity index (χ2v) is 3.83. The number of hydrogen-bond acceptors (Lipinski definition) is 3. The maximum atomic E-state index is 5.57. The molecule has 0 aromatic heterocycles. The Kier molecular flexibility index (Phi) is 9.35. The van der Waals surface area contributed by atoms with Gasteiger partial charge in [-0.1, -0.05) is 20.8 Å². The van der Waals surface area contributed by atoms with Crippen molar-refractivity contribution >= 4 is 0 Å². The van der Waals surface area contributed by atoms with Crippen molar-refractivity contribution in [3.05, 3.63) is 0 Å². The lowest BCUT2D eigenvalue weighted by Gasteiger charge is -2.21. The van der Waals surface area contributed by atoms with E-state index >= 15 is 0 Å². The van der Waals surface area contributed by atoms with Gasteiger partial charge in [0.2, 0.25) is 0 Å². The van der Waals surface area contributed by atoms with Gasteiger partial charge >= 0.3 is 0 Å². The standard InChI is InChI=1S/C11H25NO2/c1-5-12-11(10(2)3)9-14-8-6-7-13-4/h10-12H,5-9H2,1-4H3. The van der Waals surface area contributed by atoms with Gasteiger partial charge in [-0.25, -0.2) is 0 Å². The molecule has 0 aliphatic heterocycles. The second-order valence-electron chi connectivity index (χ2n) is 3.83. The smallest absolute Gasteiger partial charge is 0.0622 e. The molecule has 0 aliphatic rings. The Morgan fingerprint density at radius 2 is 1.93 bits per heavy atom. The largest absolute Gasteiger partial charge is 0.385 e. The van der Waals surface area contributed by atoms with Gasteiger partial charge in [-0.3, -0.25) is 0 Å². The van der Waals surface area contributed by atoms with E-state index in [0.717, 1.165) is 32.8 Å². The summed E-state index contributed by atoms with van der Waals surface area (Å²) in [5.41, 5.74) is 0. The molecule has 0 saturated carbocycles. The van der Waals surface area contributed by atoms with E-state index in [2.05, 4.69) is 26.1 Å². The Balaban J connectivity index is 3.41. The lowest BCUT2D eigenvalue weighted by atomic mass is 10.1. The minimum absolute atomic E-state index is 0.475. The third-order valence-corrected chi connectivity index (χ3v) is 2.21. The van der Waals surface area contributed by atoms with Gasteiger partial charge in [-0.2, -0.15) is 0 Å². The Morgan fingerprint density at radius 3 is 2.43 bits per heavy atom. The van der Waals surface area contributed by atoms with E-state index in [1.54, 1.807) is 7.11 Å². The number of likely N-dealkylation sites (N-methyl/N-ethyl adjacent to an activating group) is 1. The fraction of sp³-hybridized carbons (Fsp3) is 1.00. The van der Waals surface area contributed by atoms with Gasteiger partial charge in [-0.15, -0.1) is 0 Å². The first-order valence-corrected chi connectivity index (χ1v) is 5.52. The van der Waals surface area contributed by atoms with Crippen LogP contribution in [-0.4, -0.2) is 39.5 Å². The van der Waals surface area contributed by atoms with Crippen molar-refractivity contribution in [3.63, 3.8) is 0 Å². The van der Waals surface area contributed by atoms with Crippen LogP contribution in [0, 0.1) is 5.92 Å². The van der Waals surface area contributed by atoms with Crippen LogP contribution in [0.5, 0.6) is 0 Å². The van der Waals surface area contributed by atoms with Crippen LogP contribution in [-0.2, 0) is 9.47 Å². The van der Waals surface area contributed by atoms with E-state index in [4.69, 9.17) is 9.47 Å². The summed E-state index contributed by atoms with van der Waals surface area (Å²) in [6.07, 6.45) is 0.980. The van der Waals surface area contributed by atoms with Crippen molar-refractivity contribution < 1.29 is 9.47 Å². The van der Waals surface area contributed by atoms with Gasteiger partial charge in [0, 0.05) is 26.4 Å². The summed E-state index contributed by atoms with van der Waals surface area (Å²) in [6.45, 7) is 9.94. The van der Waals surface area contributed by atoms with Crippen molar-refractivity contribution in [2.75, 3.05) is 33.5 Å². The van der Waals surface area contributed by atoms with Gasteiger partial charge in [0.05, 0.1) is 6.61 Å². The molecule has 14 heavy (non-hydrogen) atoms. The fourth-order valence-corrected chi connectivity index (χ4v) is 1.26. The lowest BCUT2D eigenvalue weighted by Crippen LogP contribution is -2.37. The maximum absolute atomic E-state index is 5.57. The Bertz CT molecular complexity index is 118. The third kappa shape index (κ3) is 7.30. The normalized spacial score (nSPS) is 13.5. The average molecular weight is 203 g/mol. The van der Waals surface area contributed by atoms with Crippen molar-refractivity contribution in [1.29, 1.82) is 0 Å². The predicted octanol–water partition coefficient (Wildman–Crippen LogP) is 1.67. The molecule has 0 rings (SSSR count). The summed E-state index contributed by atoms with van der Waals surface area (Å²) in [5, 5.41) is 3.42. The summed E-state index contributed by atoms with van der Waals surface area (Å²) in [6, 6.07) is 0.475. The first-order chi connectivity index (χ1) is 6.72. The van der Waals surface area contributed by atoms with Crippen molar-refractivity contribution in [3.8, 4) is 0 Å². The second kappa shape index (κ2) is 9.44.